The van der Waals surface area contributed by atoms with E-state index in [4.69, 9.17) is 15.3 Å². The Morgan fingerprint density at radius 2 is 1.71 bits per heavy atom. The second kappa shape index (κ2) is 8.96. The largest absolute Gasteiger partial charge is 0.502 e. The molecule has 0 saturated heterocycles. The number of esters is 1. The number of hydrogen-bond donors (Lipinski definition) is 3. The third-order valence-corrected chi connectivity index (χ3v) is 1.34. The number of aliphatic hydroxyl groups excluding tert-OH is 1. The van der Waals surface area contributed by atoms with E-state index in [1.54, 1.807) is 6.92 Å². The van der Waals surface area contributed by atoms with E-state index < -0.39 is 24.3 Å². The maximum Gasteiger partial charge on any atom is 0.372 e. The number of methoxy groups -OCH3 is 1. The molecule has 0 spiro atoms. The predicted octanol–water partition coefficient (Wildman–Crippen LogP) is 0.723. The van der Waals surface area contributed by atoms with Crippen molar-refractivity contribution in [1.29, 1.82) is 0 Å². The van der Waals surface area contributed by atoms with Crippen molar-refractivity contribution in [3.8, 4) is 0 Å². The van der Waals surface area contributed by atoms with Crippen LogP contribution < -0.4 is 0 Å². The van der Waals surface area contributed by atoms with Crippen LogP contribution >= 0.6 is 0 Å². The third-order valence-electron chi connectivity index (χ3n) is 1.34. The van der Waals surface area contributed by atoms with Gasteiger partial charge >= 0.3 is 17.9 Å². The number of rotatable bonds is 4. The standard InChI is InChI=1S/C5H6O4.C5H8O3/c1-3(5(8)9)2-4(6)7;1-3-4(6)5(7)8-2/h1-2H2,(H,6,7)(H,8,9);3,6H,1-2H3. The lowest BCUT2D eigenvalue weighted by Gasteiger charge is -1.92. The second-order valence-corrected chi connectivity index (χ2v) is 2.64. The minimum Gasteiger partial charge on any atom is -0.502 e. The molecule has 0 heterocycles. The van der Waals surface area contributed by atoms with Crippen molar-refractivity contribution < 1.29 is 34.4 Å². The Labute approximate surface area is 97.6 Å². The predicted molar refractivity (Wildman–Crippen MR) is 57.4 cm³/mol. The summed E-state index contributed by atoms with van der Waals surface area (Å²) in [5.74, 6) is -3.50. The molecule has 0 aromatic rings. The molecule has 7 heteroatoms. The van der Waals surface area contributed by atoms with Gasteiger partial charge in [0.25, 0.3) is 0 Å². The van der Waals surface area contributed by atoms with Gasteiger partial charge in [-0.25, -0.2) is 9.59 Å². The number of carbonyl (C=O) groups excluding carboxylic acids is 1. The Kier molecular flexibility index (Phi) is 9.01. The number of aliphatic hydroxyl groups is 1. The summed E-state index contributed by atoms with van der Waals surface area (Å²) < 4.78 is 4.15. The highest BCUT2D eigenvalue weighted by Crippen LogP contribution is 1.95. The van der Waals surface area contributed by atoms with Crippen LogP contribution in [0.2, 0.25) is 0 Å². The van der Waals surface area contributed by atoms with E-state index in [0.29, 0.717) is 0 Å². The van der Waals surface area contributed by atoms with Crippen LogP contribution in [0.4, 0.5) is 0 Å². The summed E-state index contributed by atoms with van der Waals surface area (Å²) in [6, 6.07) is 0. The van der Waals surface area contributed by atoms with Gasteiger partial charge in [-0.1, -0.05) is 6.58 Å². The van der Waals surface area contributed by atoms with Crippen LogP contribution in [0, 0.1) is 0 Å². The molecule has 0 bridgehead atoms. The monoisotopic (exact) mass is 246 g/mol. The zero-order valence-electron chi connectivity index (χ0n) is 9.47. The summed E-state index contributed by atoms with van der Waals surface area (Å²) >= 11 is 0. The molecule has 3 N–H and O–H groups in total. The third kappa shape index (κ3) is 9.98. The Morgan fingerprint density at radius 1 is 1.24 bits per heavy atom. The van der Waals surface area contributed by atoms with Gasteiger partial charge in [0.2, 0.25) is 0 Å². The number of carboxylic acids is 2. The van der Waals surface area contributed by atoms with Crippen LogP contribution in [0.5, 0.6) is 0 Å². The summed E-state index contributed by atoms with van der Waals surface area (Å²) in [7, 11) is 1.21. The van der Waals surface area contributed by atoms with Gasteiger partial charge in [0.15, 0.2) is 5.76 Å². The smallest absolute Gasteiger partial charge is 0.372 e. The van der Waals surface area contributed by atoms with Gasteiger partial charge in [0, 0.05) is 5.57 Å². The van der Waals surface area contributed by atoms with E-state index in [-0.39, 0.29) is 11.3 Å². The molecule has 0 radical (unpaired) electrons. The highest BCUT2D eigenvalue weighted by Gasteiger charge is 2.07. The summed E-state index contributed by atoms with van der Waals surface area (Å²) in [5, 5.41) is 24.6. The molecule has 0 amide bonds. The summed E-state index contributed by atoms with van der Waals surface area (Å²) in [6.45, 7) is 4.56. The van der Waals surface area contributed by atoms with Gasteiger partial charge in [-0.15, -0.1) is 0 Å². The van der Waals surface area contributed by atoms with Gasteiger partial charge in [0.05, 0.1) is 13.5 Å². The highest BCUT2D eigenvalue weighted by molar-refractivity contribution is 5.91. The van der Waals surface area contributed by atoms with Crippen molar-refractivity contribution >= 4 is 17.9 Å². The Balaban J connectivity index is 0. The Morgan fingerprint density at radius 3 is 1.82 bits per heavy atom. The number of carbonyl (C=O) groups is 3. The van der Waals surface area contributed by atoms with Crippen LogP contribution in [0.1, 0.15) is 13.3 Å². The van der Waals surface area contributed by atoms with Gasteiger partial charge < -0.3 is 20.1 Å². The minimum absolute atomic E-state index is 0.303. The van der Waals surface area contributed by atoms with E-state index in [2.05, 4.69) is 11.3 Å². The molecule has 0 atom stereocenters. The maximum atomic E-state index is 10.2. The highest BCUT2D eigenvalue weighted by atomic mass is 16.5. The molecule has 0 unspecified atom stereocenters. The van der Waals surface area contributed by atoms with Crippen LogP contribution in [0.25, 0.3) is 0 Å². The molecule has 0 fully saturated rings. The summed E-state index contributed by atoms with van der Waals surface area (Å²) in [6.07, 6.45) is 0.765. The first-order chi connectivity index (χ1) is 7.76. The average molecular weight is 246 g/mol. The quantitative estimate of drug-likeness (QED) is 0.379. The zero-order valence-corrected chi connectivity index (χ0v) is 9.47. The lowest BCUT2D eigenvalue weighted by Crippen LogP contribution is -2.04. The summed E-state index contributed by atoms with van der Waals surface area (Å²) in [4.78, 5) is 29.9. The van der Waals surface area contributed by atoms with Gasteiger partial charge in [-0.05, 0) is 13.0 Å². The zero-order chi connectivity index (χ0) is 14.0. The molecular formula is C10H14O7. The SMILES string of the molecule is C=C(CC(=O)O)C(=O)O.CC=C(O)C(=O)OC. The van der Waals surface area contributed by atoms with E-state index in [0.717, 1.165) is 0 Å². The molecule has 0 aliphatic heterocycles. The molecule has 0 aliphatic carbocycles. The van der Waals surface area contributed by atoms with Gasteiger partial charge in [-0.3, -0.25) is 4.79 Å². The topological polar surface area (TPSA) is 121 Å². The maximum absolute atomic E-state index is 10.2. The van der Waals surface area contributed by atoms with Crippen molar-refractivity contribution in [2.45, 2.75) is 13.3 Å². The van der Waals surface area contributed by atoms with Crippen LogP contribution in [0.15, 0.2) is 24.0 Å². The van der Waals surface area contributed by atoms with Crippen molar-refractivity contribution in [1.82, 2.24) is 0 Å². The van der Waals surface area contributed by atoms with Crippen LogP contribution in [0.3, 0.4) is 0 Å². The molecule has 96 valence electrons. The minimum atomic E-state index is -1.27. The van der Waals surface area contributed by atoms with Crippen molar-refractivity contribution in [2.24, 2.45) is 0 Å². The Bertz CT molecular complexity index is 341. The molecule has 17 heavy (non-hydrogen) atoms. The molecule has 0 aliphatic rings. The van der Waals surface area contributed by atoms with E-state index in [9.17, 15) is 14.4 Å². The lowest BCUT2D eigenvalue weighted by molar-refractivity contribution is -0.139. The first kappa shape index (κ1) is 17.1. The number of aliphatic carboxylic acids is 2. The van der Waals surface area contributed by atoms with Gasteiger partial charge in [0.1, 0.15) is 0 Å². The van der Waals surface area contributed by atoms with Crippen LogP contribution in [-0.4, -0.2) is 40.3 Å². The molecule has 0 saturated carbocycles. The second-order valence-electron chi connectivity index (χ2n) is 2.64. The number of carboxylic acid groups (broad SMARTS) is 2. The van der Waals surface area contributed by atoms with Gasteiger partial charge in [-0.2, -0.15) is 0 Å². The number of hydrogen-bond acceptors (Lipinski definition) is 5. The fourth-order valence-electron chi connectivity index (χ4n) is 0.481. The summed E-state index contributed by atoms with van der Waals surface area (Å²) in [5.41, 5.74) is -0.303. The average Bonchev–Trinajstić information content (AvgIpc) is 2.26. The molecule has 0 aromatic heterocycles. The Hall–Kier alpha value is -2.31. The lowest BCUT2D eigenvalue weighted by atomic mass is 10.2. The van der Waals surface area contributed by atoms with E-state index >= 15 is 0 Å². The first-order valence-electron chi connectivity index (χ1n) is 4.32. The van der Waals surface area contributed by atoms with Crippen molar-refractivity contribution in [2.75, 3.05) is 7.11 Å². The van der Waals surface area contributed by atoms with E-state index in [1.807, 2.05) is 0 Å². The van der Waals surface area contributed by atoms with Crippen molar-refractivity contribution in [3.63, 3.8) is 0 Å². The number of allylic oxidation sites excluding steroid dienone is 1. The normalized spacial score (nSPS) is 9.65. The molecule has 0 rings (SSSR count). The fraction of sp³-hybridized carbons (Fsp3) is 0.300. The number of ether oxygens (including phenoxy) is 1. The first-order valence-corrected chi connectivity index (χ1v) is 4.32. The molecule has 0 aromatic carbocycles. The van der Waals surface area contributed by atoms with E-state index in [1.165, 1.54) is 13.2 Å². The van der Waals surface area contributed by atoms with Crippen LogP contribution in [-0.2, 0) is 19.1 Å². The van der Waals surface area contributed by atoms with Crippen molar-refractivity contribution in [3.05, 3.63) is 24.0 Å². The molecule has 7 nitrogen and oxygen atoms in total. The molecular weight excluding hydrogens is 232 g/mol. The fourth-order valence-corrected chi connectivity index (χ4v) is 0.481.